The Kier molecular flexibility index (Phi) is 12.1. The number of aliphatic imine (C=N–C) groups is 1. The van der Waals surface area contributed by atoms with Crippen LogP contribution in [0.15, 0.2) is 75.3 Å². The molecule has 10 nitrogen and oxygen atoms in total. The van der Waals surface area contributed by atoms with E-state index in [0.717, 1.165) is 30.0 Å². The van der Waals surface area contributed by atoms with Crippen LogP contribution in [0.1, 0.15) is 66.9 Å². The molecule has 1 N–H and O–H groups in total. The Morgan fingerprint density at radius 1 is 1.02 bits per heavy atom. The second-order valence-corrected chi connectivity index (χ2v) is 14.0. The SMILES string of the molecule is CCOC(=O)CCCNc1cccc(C2CN(C)C(=O)C3=C(COC34CCN(Cc3ccc(C(F)(F)F)o3)CC4)N(Cc3c(F)cccc3C(F)(F)F)C=N2)c1. The number of hydrogen-bond acceptors (Lipinski definition) is 9. The Morgan fingerprint density at radius 3 is 2.46 bits per heavy atom. The molecule has 1 amide bonds. The van der Waals surface area contributed by atoms with E-state index in [1.54, 1.807) is 20.0 Å². The lowest BCUT2D eigenvalue weighted by Crippen LogP contribution is -2.49. The van der Waals surface area contributed by atoms with Crippen molar-refractivity contribution in [1.82, 2.24) is 14.7 Å². The van der Waals surface area contributed by atoms with Gasteiger partial charge in [-0.2, -0.15) is 26.3 Å². The minimum Gasteiger partial charge on any atom is -0.466 e. The molecule has 3 aromatic rings. The third-order valence-corrected chi connectivity index (χ3v) is 10.2. The first-order valence-corrected chi connectivity index (χ1v) is 18.2. The number of rotatable bonds is 11. The highest BCUT2D eigenvalue weighted by Gasteiger charge is 2.50. The van der Waals surface area contributed by atoms with Gasteiger partial charge in [-0.25, -0.2) is 4.39 Å². The summed E-state index contributed by atoms with van der Waals surface area (Å²) in [6.07, 6.45) is -6.92. The molecule has 0 radical (unpaired) electrons. The number of carbonyl (C=O) groups is 2. The van der Waals surface area contributed by atoms with Crippen LogP contribution in [-0.4, -0.2) is 85.0 Å². The van der Waals surface area contributed by atoms with Crippen LogP contribution >= 0.6 is 0 Å². The molecule has 6 rings (SSSR count). The van der Waals surface area contributed by atoms with E-state index < -0.39 is 59.2 Å². The fourth-order valence-electron chi connectivity index (χ4n) is 7.31. The van der Waals surface area contributed by atoms with Crippen LogP contribution in [0.5, 0.6) is 0 Å². The lowest BCUT2D eigenvalue weighted by molar-refractivity contribution is -0.153. The molecule has 1 spiro atoms. The highest BCUT2D eigenvalue weighted by molar-refractivity contribution is 5.97. The number of likely N-dealkylation sites (N-methyl/N-ethyl adjacent to an activating group) is 1. The third kappa shape index (κ3) is 9.20. The molecule has 4 heterocycles. The molecule has 0 saturated carbocycles. The zero-order chi connectivity index (χ0) is 40.3. The molecule has 56 heavy (non-hydrogen) atoms. The Morgan fingerprint density at radius 2 is 1.77 bits per heavy atom. The Labute approximate surface area is 318 Å². The zero-order valence-corrected chi connectivity index (χ0v) is 30.8. The zero-order valence-electron chi connectivity index (χ0n) is 30.8. The van der Waals surface area contributed by atoms with Gasteiger partial charge in [0.1, 0.15) is 17.2 Å². The summed E-state index contributed by atoms with van der Waals surface area (Å²) in [5.74, 6) is -2.80. The summed E-state index contributed by atoms with van der Waals surface area (Å²) in [7, 11) is 1.59. The predicted molar refractivity (Wildman–Crippen MR) is 191 cm³/mol. The molecule has 3 aliphatic heterocycles. The average Bonchev–Trinajstić information content (AvgIpc) is 3.78. The van der Waals surface area contributed by atoms with E-state index in [9.17, 15) is 35.9 Å². The molecular weight excluding hydrogens is 751 g/mol. The number of likely N-dealkylation sites (tertiary alicyclic amines) is 1. The molecule has 1 unspecified atom stereocenters. The van der Waals surface area contributed by atoms with Gasteiger partial charge in [-0.15, -0.1) is 0 Å². The number of ether oxygens (including phenoxy) is 2. The van der Waals surface area contributed by atoms with E-state index in [0.29, 0.717) is 38.2 Å². The van der Waals surface area contributed by atoms with Crippen molar-refractivity contribution in [2.75, 3.05) is 51.8 Å². The first kappa shape index (κ1) is 40.8. The summed E-state index contributed by atoms with van der Waals surface area (Å²) in [6, 6.07) is 11.4. The van der Waals surface area contributed by atoms with Crippen molar-refractivity contribution >= 4 is 23.9 Å². The topological polar surface area (TPSA) is 99.8 Å². The van der Waals surface area contributed by atoms with E-state index in [-0.39, 0.29) is 62.0 Å². The summed E-state index contributed by atoms with van der Waals surface area (Å²) in [6.45, 7) is 2.47. The minimum atomic E-state index is -4.87. The maximum atomic E-state index is 15.3. The highest BCUT2D eigenvalue weighted by atomic mass is 19.4. The Balaban J connectivity index is 1.29. The number of nitrogens with one attached hydrogen (secondary N) is 1. The summed E-state index contributed by atoms with van der Waals surface area (Å²) in [4.78, 5) is 35.8. The molecular formula is C39H42F7N5O5. The number of piperidine rings is 1. The largest absolute Gasteiger partial charge is 0.466 e. The smallest absolute Gasteiger partial charge is 0.449 e. The molecule has 0 aliphatic carbocycles. The van der Waals surface area contributed by atoms with Gasteiger partial charge in [0.05, 0.1) is 55.5 Å². The quantitative estimate of drug-likeness (QED) is 0.121. The van der Waals surface area contributed by atoms with Gasteiger partial charge in [0, 0.05) is 50.9 Å². The standard InChI is InChI=1S/C39H42F7N5O5/c1-3-54-34(52)11-6-16-47-26-8-4-7-25(19-26)31-22-49(2)36(53)35-32(51(24-48-31)21-28-29(38(41,42)43)9-5-10-30(28)40)23-55-37(35)14-17-50(18-15-37)20-27-12-13-33(56-27)39(44,45)46/h4-5,7-10,12-13,19,24,31,47H,3,6,11,14-18,20-23H2,1-2H3. The molecule has 3 aliphatic rings. The summed E-state index contributed by atoms with van der Waals surface area (Å²) >= 11 is 0. The molecule has 0 bridgehead atoms. The van der Waals surface area contributed by atoms with Crippen molar-refractivity contribution in [3.8, 4) is 0 Å². The minimum absolute atomic E-state index is 0.0714. The fraction of sp³-hybridized carbons (Fsp3) is 0.462. The van der Waals surface area contributed by atoms with E-state index in [1.165, 1.54) is 22.2 Å². The van der Waals surface area contributed by atoms with E-state index in [1.807, 2.05) is 23.1 Å². The van der Waals surface area contributed by atoms with Crippen molar-refractivity contribution in [2.45, 2.75) is 69.7 Å². The number of anilines is 1. The molecule has 1 aromatic heterocycles. The lowest BCUT2D eigenvalue weighted by Gasteiger charge is -2.40. The van der Waals surface area contributed by atoms with Crippen molar-refractivity contribution in [3.63, 3.8) is 0 Å². The van der Waals surface area contributed by atoms with E-state index in [2.05, 4.69) is 5.32 Å². The van der Waals surface area contributed by atoms with Crippen LogP contribution in [0, 0.1) is 5.82 Å². The number of nitrogens with zero attached hydrogens (tertiary/aromatic N) is 4. The van der Waals surface area contributed by atoms with Crippen molar-refractivity contribution in [3.05, 3.63) is 99.9 Å². The second-order valence-electron chi connectivity index (χ2n) is 14.0. The Hall–Kier alpha value is -4.90. The van der Waals surface area contributed by atoms with Gasteiger partial charge in [0.15, 0.2) is 0 Å². The van der Waals surface area contributed by atoms with Crippen molar-refractivity contribution in [1.29, 1.82) is 0 Å². The summed E-state index contributed by atoms with van der Waals surface area (Å²) < 4.78 is 114. The van der Waals surface area contributed by atoms with Crippen LogP contribution in [0.4, 0.5) is 36.4 Å². The number of benzene rings is 2. The number of furan rings is 1. The number of alkyl halides is 6. The average molecular weight is 794 g/mol. The number of esters is 1. The molecule has 1 saturated heterocycles. The van der Waals surface area contributed by atoms with E-state index in [4.69, 9.17) is 18.9 Å². The Bertz CT molecular complexity index is 1950. The molecule has 302 valence electrons. The monoisotopic (exact) mass is 793 g/mol. The summed E-state index contributed by atoms with van der Waals surface area (Å²) in [5.41, 5.74) is -1.11. The van der Waals surface area contributed by atoms with Crippen LogP contribution < -0.4 is 5.32 Å². The number of hydrogen-bond donors (Lipinski definition) is 1. The predicted octanol–water partition coefficient (Wildman–Crippen LogP) is 7.57. The first-order valence-electron chi connectivity index (χ1n) is 18.2. The van der Waals surface area contributed by atoms with Gasteiger partial charge in [-0.1, -0.05) is 18.2 Å². The maximum absolute atomic E-state index is 15.3. The van der Waals surface area contributed by atoms with Crippen LogP contribution in [0.25, 0.3) is 0 Å². The van der Waals surface area contributed by atoms with Gasteiger partial charge in [-0.05, 0) is 68.1 Å². The van der Waals surface area contributed by atoms with Gasteiger partial charge >= 0.3 is 18.3 Å². The molecule has 1 fully saturated rings. The number of amides is 1. The molecule has 1 atom stereocenters. The lowest BCUT2D eigenvalue weighted by atomic mass is 9.83. The van der Waals surface area contributed by atoms with Crippen molar-refractivity contribution < 1.29 is 54.2 Å². The van der Waals surface area contributed by atoms with Gasteiger partial charge < -0.3 is 29.0 Å². The number of fused-ring (bicyclic) bond motifs is 1. The van der Waals surface area contributed by atoms with Crippen molar-refractivity contribution in [2.24, 2.45) is 4.99 Å². The van der Waals surface area contributed by atoms with Crippen LogP contribution in [0.2, 0.25) is 0 Å². The first-order chi connectivity index (χ1) is 26.6. The highest BCUT2D eigenvalue weighted by Crippen LogP contribution is 2.44. The molecule has 2 aromatic carbocycles. The number of halogens is 7. The fourth-order valence-corrected chi connectivity index (χ4v) is 7.31. The van der Waals surface area contributed by atoms with Crippen LogP contribution in [-0.2, 0) is 44.5 Å². The van der Waals surface area contributed by atoms with Gasteiger partial charge in [-0.3, -0.25) is 19.5 Å². The van der Waals surface area contributed by atoms with Gasteiger partial charge in [0.25, 0.3) is 5.91 Å². The third-order valence-electron chi connectivity index (χ3n) is 10.2. The van der Waals surface area contributed by atoms with E-state index >= 15 is 4.39 Å². The molecule has 17 heteroatoms. The maximum Gasteiger partial charge on any atom is 0.449 e. The second kappa shape index (κ2) is 16.7. The summed E-state index contributed by atoms with van der Waals surface area (Å²) in [5, 5.41) is 3.26. The normalized spacial score (nSPS) is 19.2. The van der Waals surface area contributed by atoms with Crippen LogP contribution in [0.3, 0.4) is 0 Å². The number of carbonyl (C=O) groups excluding carboxylic acids is 2. The van der Waals surface area contributed by atoms with Gasteiger partial charge in [0.2, 0.25) is 5.76 Å².